The SMILES string of the molecule is Cc1cccc(-c2n[nH]c(=S)n2CCC(=O)NC(C)CCc2ccccc2)c1. The van der Waals surface area contributed by atoms with Crippen LogP contribution in [0.3, 0.4) is 0 Å². The number of aryl methyl sites for hydroxylation is 2. The molecule has 3 rings (SSSR count). The largest absolute Gasteiger partial charge is 0.354 e. The van der Waals surface area contributed by atoms with Crippen LogP contribution in [0.25, 0.3) is 11.4 Å². The van der Waals surface area contributed by atoms with Crippen LogP contribution >= 0.6 is 12.2 Å². The first-order chi connectivity index (χ1) is 13.5. The lowest BCUT2D eigenvalue weighted by atomic mass is 10.1. The van der Waals surface area contributed by atoms with E-state index in [1.54, 1.807) is 0 Å². The Morgan fingerprint density at radius 3 is 2.75 bits per heavy atom. The van der Waals surface area contributed by atoms with E-state index in [-0.39, 0.29) is 11.9 Å². The molecule has 3 aromatic rings. The van der Waals surface area contributed by atoms with Crippen molar-refractivity contribution < 1.29 is 4.79 Å². The molecule has 0 saturated heterocycles. The average molecular weight is 395 g/mol. The monoisotopic (exact) mass is 394 g/mol. The Bertz CT molecular complexity index is 977. The molecule has 2 N–H and O–H groups in total. The number of rotatable bonds is 8. The highest BCUT2D eigenvalue weighted by Crippen LogP contribution is 2.18. The Hall–Kier alpha value is -2.73. The molecule has 0 aliphatic rings. The average Bonchev–Trinajstić information content (AvgIpc) is 3.06. The van der Waals surface area contributed by atoms with Gasteiger partial charge in [0.1, 0.15) is 0 Å². The molecule has 1 atom stereocenters. The molecule has 1 aromatic heterocycles. The Morgan fingerprint density at radius 1 is 1.21 bits per heavy atom. The summed E-state index contributed by atoms with van der Waals surface area (Å²) in [6.07, 6.45) is 2.23. The predicted molar refractivity (Wildman–Crippen MR) is 115 cm³/mol. The van der Waals surface area contributed by atoms with E-state index < -0.39 is 0 Å². The van der Waals surface area contributed by atoms with Gasteiger partial charge in [-0.05, 0) is 50.5 Å². The maximum absolute atomic E-state index is 12.4. The van der Waals surface area contributed by atoms with Crippen molar-refractivity contribution in [1.82, 2.24) is 20.1 Å². The molecule has 0 fully saturated rings. The van der Waals surface area contributed by atoms with Crippen molar-refractivity contribution in [2.24, 2.45) is 0 Å². The van der Waals surface area contributed by atoms with E-state index in [9.17, 15) is 4.79 Å². The van der Waals surface area contributed by atoms with E-state index in [1.165, 1.54) is 5.56 Å². The number of aromatic nitrogens is 3. The molecular formula is C22H26N4OS. The molecular weight excluding hydrogens is 368 g/mol. The maximum atomic E-state index is 12.4. The minimum Gasteiger partial charge on any atom is -0.354 e. The van der Waals surface area contributed by atoms with Gasteiger partial charge in [0.25, 0.3) is 0 Å². The summed E-state index contributed by atoms with van der Waals surface area (Å²) >= 11 is 5.35. The lowest BCUT2D eigenvalue weighted by Crippen LogP contribution is -2.33. The van der Waals surface area contributed by atoms with Crippen LogP contribution in [0.15, 0.2) is 54.6 Å². The molecule has 1 amide bonds. The first kappa shape index (κ1) is 20.0. The molecule has 0 bridgehead atoms. The van der Waals surface area contributed by atoms with Crippen molar-refractivity contribution in [2.45, 2.75) is 45.7 Å². The highest BCUT2D eigenvalue weighted by atomic mass is 32.1. The van der Waals surface area contributed by atoms with E-state index in [0.717, 1.165) is 29.8 Å². The zero-order valence-electron chi connectivity index (χ0n) is 16.3. The van der Waals surface area contributed by atoms with Gasteiger partial charge in [-0.2, -0.15) is 5.10 Å². The van der Waals surface area contributed by atoms with Crippen LogP contribution in [0.4, 0.5) is 0 Å². The summed E-state index contributed by atoms with van der Waals surface area (Å²) in [6, 6.07) is 18.5. The number of carbonyl (C=O) groups is 1. The van der Waals surface area contributed by atoms with Crippen molar-refractivity contribution in [2.75, 3.05) is 0 Å². The van der Waals surface area contributed by atoms with Gasteiger partial charge in [0.15, 0.2) is 10.6 Å². The zero-order chi connectivity index (χ0) is 19.9. The lowest BCUT2D eigenvalue weighted by Gasteiger charge is -2.14. The number of benzene rings is 2. The summed E-state index contributed by atoms with van der Waals surface area (Å²) in [7, 11) is 0. The minimum atomic E-state index is 0.0267. The number of nitrogens with zero attached hydrogens (tertiary/aromatic N) is 2. The second-order valence-electron chi connectivity index (χ2n) is 7.12. The lowest BCUT2D eigenvalue weighted by molar-refractivity contribution is -0.121. The summed E-state index contributed by atoms with van der Waals surface area (Å²) in [5, 5.41) is 10.3. The van der Waals surface area contributed by atoms with Gasteiger partial charge in [-0.25, -0.2) is 0 Å². The van der Waals surface area contributed by atoms with Gasteiger partial charge >= 0.3 is 0 Å². The van der Waals surface area contributed by atoms with Crippen LogP contribution in [0.1, 0.15) is 30.9 Å². The summed E-state index contributed by atoms with van der Waals surface area (Å²) in [5.41, 5.74) is 3.43. The number of amides is 1. The van der Waals surface area contributed by atoms with E-state index in [1.807, 2.05) is 54.8 Å². The number of carbonyl (C=O) groups excluding carboxylic acids is 1. The third kappa shape index (κ3) is 5.39. The third-order valence-corrected chi connectivity index (χ3v) is 5.02. The van der Waals surface area contributed by atoms with E-state index >= 15 is 0 Å². The van der Waals surface area contributed by atoms with Crippen LogP contribution in [0.2, 0.25) is 0 Å². The van der Waals surface area contributed by atoms with Crippen molar-refractivity contribution in [3.8, 4) is 11.4 Å². The normalized spacial score (nSPS) is 11.9. The van der Waals surface area contributed by atoms with Crippen LogP contribution < -0.4 is 5.32 Å². The Balaban J connectivity index is 1.55. The Morgan fingerprint density at radius 2 is 2.00 bits per heavy atom. The summed E-state index contributed by atoms with van der Waals surface area (Å²) in [4.78, 5) is 12.4. The fourth-order valence-electron chi connectivity index (χ4n) is 3.19. The first-order valence-electron chi connectivity index (χ1n) is 9.58. The number of nitrogens with one attached hydrogen (secondary N) is 2. The van der Waals surface area contributed by atoms with Crippen molar-refractivity contribution in [1.29, 1.82) is 0 Å². The van der Waals surface area contributed by atoms with Crippen LogP contribution in [-0.2, 0) is 17.8 Å². The number of hydrogen-bond donors (Lipinski definition) is 2. The molecule has 28 heavy (non-hydrogen) atoms. The van der Waals surface area contributed by atoms with Crippen LogP contribution in [0, 0.1) is 11.7 Å². The molecule has 2 aromatic carbocycles. The molecule has 146 valence electrons. The zero-order valence-corrected chi connectivity index (χ0v) is 17.1. The molecule has 0 spiro atoms. The van der Waals surface area contributed by atoms with Gasteiger partial charge in [0.05, 0.1) is 0 Å². The molecule has 1 unspecified atom stereocenters. The fourth-order valence-corrected chi connectivity index (χ4v) is 3.41. The Labute approximate surface area is 170 Å². The maximum Gasteiger partial charge on any atom is 0.222 e. The molecule has 0 aliphatic carbocycles. The first-order valence-corrected chi connectivity index (χ1v) is 9.99. The highest BCUT2D eigenvalue weighted by molar-refractivity contribution is 7.71. The van der Waals surface area contributed by atoms with Gasteiger partial charge in [-0.15, -0.1) is 0 Å². The van der Waals surface area contributed by atoms with Gasteiger partial charge < -0.3 is 5.32 Å². The fraction of sp³-hybridized carbons (Fsp3) is 0.318. The summed E-state index contributed by atoms with van der Waals surface area (Å²) < 4.78 is 2.42. The third-order valence-electron chi connectivity index (χ3n) is 4.71. The van der Waals surface area contributed by atoms with Crippen LogP contribution in [0.5, 0.6) is 0 Å². The molecule has 5 nitrogen and oxygen atoms in total. The summed E-state index contributed by atoms with van der Waals surface area (Å²) in [5.74, 6) is 0.789. The highest BCUT2D eigenvalue weighted by Gasteiger charge is 2.12. The minimum absolute atomic E-state index is 0.0267. The number of aromatic amines is 1. The molecule has 6 heteroatoms. The van der Waals surface area contributed by atoms with E-state index in [2.05, 4.69) is 33.7 Å². The van der Waals surface area contributed by atoms with Crippen molar-refractivity contribution in [3.05, 3.63) is 70.5 Å². The van der Waals surface area contributed by atoms with Gasteiger partial charge in [0, 0.05) is 24.6 Å². The van der Waals surface area contributed by atoms with E-state index in [0.29, 0.717) is 17.7 Å². The molecule has 0 radical (unpaired) electrons. The second-order valence-corrected chi connectivity index (χ2v) is 7.50. The smallest absolute Gasteiger partial charge is 0.222 e. The number of H-pyrrole nitrogens is 1. The molecule has 1 heterocycles. The van der Waals surface area contributed by atoms with E-state index in [4.69, 9.17) is 12.2 Å². The van der Waals surface area contributed by atoms with Crippen molar-refractivity contribution in [3.63, 3.8) is 0 Å². The standard InChI is InChI=1S/C22H26N4OS/c1-16-7-6-10-19(15-16)21-24-25-22(28)26(21)14-13-20(27)23-17(2)11-12-18-8-4-3-5-9-18/h3-10,15,17H,11-14H2,1-2H3,(H,23,27)(H,25,28). The molecule has 0 saturated carbocycles. The predicted octanol–water partition coefficient (Wildman–Crippen LogP) is 4.44. The Kier molecular flexibility index (Phi) is 6.76. The van der Waals surface area contributed by atoms with Gasteiger partial charge in [-0.3, -0.25) is 14.5 Å². The number of hydrogen-bond acceptors (Lipinski definition) is 3. The van der Waals surface area contributed by atoms with Crippen molar-refractivity contribution >= 4 is 18.1 Å². The second kappa shape index (κ2) is 9.46. The van der Waals surface area contributed by atoms with Gasteiger partial charge in [-0.1, -0.05) is 54.1 Å². The topological polar surface area (TPSA) is 62.7 Å². The quantitative estimate of drug-likeness (QED) is 0.555. The van der Waals surface area contributed by atoms with Gasteiger partial charge in [0.2, 0.25) is 5.91 Å². The van der Waals surface area contributed by atoms with Crippen LogP contribution in [-0.4, -0.2) is 26.7 Å². The molecule has 0 aliphatic heterocycles. The summed E-state index contributed by atoms with van der Waals surface area (Å²) in [6.45, 7) is 4.58.